The van der Waals surface area contributed by atoms with Crippen LogP contribution in [0.3, 0.4) is 0 Å². The molecule has 0 radical (unpaired) electrons. The van der Waals surface area contributed by atoms with E-state index in [0.717, 1.165) is 40.7 Å². The quantitative estimate of drug-likeness (QED) is 0.255. The number of halogens is 3. The summed E-state index contributed by atoms with van der Waals surface area (Å²) in [6.07, 6.45) is 5.32. The Kier molecular flexibility index (Phi) is 15.9. The fraction of sp³-hybridized carbons (Fsp3) is 0.400. The predicted octanol–water partition coefficient (Wildman–Crippen LogP) is 4.92. The predicted molar refractivity (Wildman–Crippen MR) is 134 cm³/mol. The molecule has 0 aliphatic carbocycles. The molecule has 6 nitrogen and oxygen atoms in total. The van der Waals surface area contributed by atoms with Gasteiger partial charge in [0, 0.05) is 26.2 Å². The van der Waals surface area contributed by atoms with E-state index >= 15 is 0 Å². The lowest BCUT2D eigenvalue weighted by atomic mass is 10.1. The Hall–Kier alpha value is -0.490. The molecule has 1 N–H and O–H groups in total. The molecule has 2 rings (SSSR count). The van der Waals surface area contributed by atoms with E-state index in [1.807, 2.05) is 36.4 Å². The van der Waals surface area contributed by atoms with Gasteiger partial charge in [0.25, 0.3) is 10.1 Å². The molecule has 31 heavy (non-hydrogen) atoms. The van der Waals surface area contributed by atoms with Gasteiger partial charge in [-0.2, -0.15) is 8.42 Å². The van der Waals surface area contributed by atoms with E-state index in [-0.39, 0.29) is 13.2 Å². The second-order valence-electron chi connectivity index (χ2n) is 6.39. The first-order valence-corrected chi connectivity index (χ1v) is 15.3. The highest BCUT2D eigenvalue weighted by molar-refractivity contribution is 9.10. The molecule has 0 saturated heterocycles. The van der Waals surface area contributed by atoms with E-state index in [4.69, 9.17) is 5.11 Å². The molecule has 0 bridgehead atoms. The van der Waals surface area contributed by atoms with Crippen LogP contribution in [-0.4, -0.2) is 47.7 Å². The van der Waals surface area contributed by atoms with Crippen molar-refractivity contribution in [2.24, 2.45) is 0 Å². The fourth-order valence-electron chi connectivity index (χ4n) is 2.07. The highest BCUT2D eigenvalue weighted by atomic mass is 79.9. The van der Waals surface area contributed by atoms with Crippen molar-refractivity contribution in [1.29, 1.82) is 0 Å². The lowest BCUT2D eigenvalue weighted by Crippen LogP contribution is -2.04. The van der Waals surface area contributed by atoms with Crippen molar-refractivity contribution < 1.29 is 26.1 Å². The number of rotatable bonds is 8. The van der Waals surface area contributed by atoms with Crippen LogP contribution in [0.2, 0.25) is 0 Å². The van der Waals surface area contributed by atoms with E-state index in [9.17, 15) is 16.8 Å². The zero-order valence-corrected chi connectivity index (χ0v) is 22.9. The fourth-order valence-corrected chi connectivity index (χ4v) is 3.02. The summed E-state index contributed by atoms with van der Waals surface area (Å²) in [6, 6.07) is 16.1. The molecule has 0 aliphatic rings. The summed E-state index contributed by atoms with van der Waals surface area (Å²) in [5.41, 5.74) is 2.46. The SMILES string of the molecule is CS(=O)(=O)Cl.CS(=O)(=O)OCCCc1ccc(Br)cc1.OCCCc1ccc(Br)cc1. The third kappa shape index (κ3) is 22.5. The number of hydrogen-bond acceptors (Lipinski definition) is 6. The van der Waals surface area contributed by atoms with Crippen molar-refractivity contribution in [2.45, 2.75) is 25.7 Å². The second-order valence-corrected chi connectivity index (χ2v) is 12.9. The Morgan fingerprint density at radius 2 is 1.16 bits per heavy atom. The van der Waals surface area contributed by atoms with Crippen LogP contribution in [-0.2, 0) is 36.2 Å². The van der Waals surface area contributed by atoms with Crippen LogP contribution in [0.1, 0.15) is 24.0 Å². The Morgan fingerprint density at radius 3 is 1.48 bits per heavy atom. The second kappa shape index (κ2) is 16.2. The molecule has 176 valence electrons. The van der Waals surface area contributed by atoms with Gasteiger partial charge in [-0.25, -0.2) is 8.42 Å². The smallest absolute Gasteiger partial charge is 0.264 e. The van der Waals surface area contributed by atoms with Gasteiger partial charge in [0.15, 0.2) is 0 Å². The number of aryl methyl sites for hydroxylation is 2. The van der Waals surface area contributed by atoms with Crippen LogP contribution in [0.15, 0.2) is 57.5 Å². The average Bonchev–Trinajstić information content (AvgIpc) is 2.65. The molecule has 0 aliphatic heterocycles. The van der Waals surface area contributed by atoms with Crippen molar-refractivity contribution in [3.63, 3.8) is 0 Å². The minimum atomic E-state index is -3.29. The van der Waals surface area contributed by atoms with E-state index in [0.29, 0.717) is 6.42 Å². The maximum Gasteiger partial charge on any atom is 0.264 e. The Morgan fingerprint density at radius 1 is 0.806 bits per heavy atom. The third-order valence-electron chi connectivity index (χ3n) is 3.36. The third-order valence-corrected chi connectivity index (χ3v) is 5.01. The summed E-state index contributed by atoms with van der Waals surface area (Å²) in [5, 5.41) is 8.57. The molecule has 11 heteroatoms. The first-order chi connectivity index (χ1) is 14.3. The van der Waals surface area contributed by atoms with Crippen molar-refractivity contribution in [3.05, 3.63) is 68.6 Å². The first kappa shape index (κ1) is 30.5. The number of aliphatic hydroxyl groups is 1. The number of hydrogen-bond donors (Lipinski definition) is 1. The van der Waals surface area contributed by atoms with Gasteiger partial charge in [0.05, 0.1) is 19.1 Å². The summed E-state index contributed by atoms with van der Waals surface area (Å²) in [4.78, 5) is 0. The minimum absolute atomic E-state index is 0.245. The largest absolute Gasteiger partial charge is 0.396 e. The minimum Gasteiger partial charge on any atom is -0.396 e. The molecule has 0 aromatic heterocycles. The molecule has 0 unspecified atom stereocenters. The van der Waals surface area contributed by atoms with Gasteiger partial charge >= 0.3 is 0 Å². The first-order valence-electron chi connectivity index (χ1n) is 9.14. The Balaban J connectivity index is 0.000000492. The molecule has 2 aromatic carbocycles. The van der Waals surface area contributed by atoms with E-state index in [1.54, 1.807) is 0 Å². The van der Waals surface area contributed by atoms with Crippen molar-refractivity contribution in [1.82, 2.24) is 0 Å². The van der Waals surface area contributed by atoms with Crippen LogP contribution in [0, 0.1) is 0 Å². The highest BCUT2D eigenvalue weighted by Crippen LogP contribution is 2.12. The van der Waals surface area contributed by atoms with Gasteiger partial charge in [-0.3, -0.25) is 4.18 Å². The van der Waals surface area contributed by atoms with Crippen LogP contribution in [0.25, 0.3) is 0 Å². The molecular weight excluding hydrogens is 596 g/mol. The standard InChI is InChI=1S/C10H13BrO3S.C9H11BrO.CH3ClO2S/c1-15(12,13)14-8-2-3-9-4-6-10(11)7-5-9;10-9-5-3-8(4-6-9)2-1-7-11;1-5(2,3)4/h4-7H,2-3,8H2,1H3;3-6,11H,1-2,7H2;1H3. The van der Waals surface area contributed by atoms with Crippen molar-refractivity contribution in [3.8, 4) is 0 Å². The van der Waals surface area contributed by atoms with Gasteiger partial charge in [-0.05, 0) is 61.1 Å². The van der Waals surface area contributed by atoms with Crippen LogP contribution in [0.5, 0.6) is 0 Å². The summed E-state index contributed by atoms with van der Waals surface area (Å²) < 4.78 is 46.9. The van der Waals surface area contributed by atoms with Gasteiger partial charge in [-0.15, -0.1) is 0 Å². The van der Waals surface area contributed by atoms with Crippen LogP contribution >= 0.6 is 42.5 Å². The van der Waals surface area contributed by atoms with Gasteiger partial charge in [0.1, 0.15) is 0 Å². The molecule has 0 atom stereocenters. The molecular formula is C20H27Br2ClO6S2. The Bertz CT molecular complexity index is 940. The summed E-state index contributed by atoms with van der Waals surface area (Å²) in [6.45, 7) is 0.519. The summed E-state index contributed by atoms with van der Waals surface area (Å²) in [7, 11) is -1.98. The van der Waals surface area contributed by atoms with Gasteiger partial charge in [-0.1, -0.05) is 56.1 Å². The maximum atomic E-state index is 10.7. The normalized spacial score (nSPS) is 11.0. The molecule has 2 aromatic rings. The summed E-state index contributed by atoms with van der Waals surface area (Å²) in [5.74, 6) is 0. The highest BCUT2D eigenvalue weighted by Gasteiger charge is 2.01. The topological polar surface area (TPSA) is 97.7 Å². The zero-order valence-electron chi connectivity index (χ0n) is 17.3. The molecule has 0 heterocycles. The maximum absolute atomic E-state index is 10.7. The monoisotopic (exact) mass is 620 g/mol. The van der Waals surface area contributed by atoms with E-state index in [2.05, 4.69) is 58.9 Å². The molecule has 0 amide bonds. The lowest BCUT2D eigenvalue weighted by molar-refractivity contribution is 0.288. The van der Waals surface area contributed by atoms with Crippen molar-refractivity contribution in [2.75, 3.05) is 25.7 Å². The van der Waals surface area contributed by atoms with Crippen LogP contribution in [0.4, 0.5) is 0 Å². The summed E-state index contributed by atoms with van der Waals surface area (Å²) >= 11 is 6.71. The van der Waals surface area contributed by atoms with Gasteiger partial charge < -0.3 is 5.11 Å². The molecule has 0 spiro atoms. The van der Waals surface area contributed by atoms with E-state index < -0.39 is 19.2 Å². The van der Waals surface area contributed by atoms with Gasteiger partial charge in [0.2, 0.25) is 9.05 Å². The van der Waals surface area contributed by atoms with Crippen LogP contribution < -0.4 is 0 Å². The Labute approximate surface area is 206 Å². The molecule has 0 saturated carbocycles. The number of benzene rings is 2. The van der Waals surface area contributed by atoms with Crippen molar-refractivity contribution >= 4 is 61.7 Å². The lowest BCUT2D eigenvalue weighted by Gasteiger charge is -2.02. The average molecular weight is 623 g/mol. The molecule has 0 fully saturated rings. The zero-order chi connectivity index (χ0) is 23.9. The number of aliphatic hydroxyl groups excluding tert-OH is 1. The van der Waals surface area contributed by atoms with E-state index in [1.165, 1.54) is 11.1 Å².